The van der Waals surface area contributed by atoms with E-state index in [4.69, 9.17) is 10.5 Å². The quantitative estimate of drug-likeness (QED) is 0.777. The van der Waals surface area contributed by atoms with E-state index < -0.39 is 5.41 Å². The molecule has 1 fully saturated rings. The van der Waals surface area contributed by atoms with E-state index in [1.807, 2.05) is 37.3 Å². The number of nitrogens with one attached hydrogen (secondary N) is 1. The Morgan fingerprint density at radius 2 is 1.92 bits per heavy atom. The monoisotopic (exact) mass is 333 g/mol. The van der Waals surface area contributed by atoms with E-state index in [9.17, 15) is 9.59 Å². The van der Waals surface area contributed by atoms with Gasteiger partial charge in [-0.2, -0.15) is 0 Å². The second kappa shape index (κ2) is 8.80. The number of nitrogens with two attached hydrogens (primary N) is 1. The zero-order valence-corrected chi connectivity index (χ0v) is 14.3. The second-order valence-corrected chi connectivity index (χ2v) is 6.17. The molecule has 2 amide bonds. The van der Waals surface area contributed by atoms with Crippen molar-refractivity contribution in [1.29, 1.82) is 0 Å². The van der Waals surface area contributed by atoms with Crippen LogP contribution in [0.15, 0.2) is 30.3 Å². The summed E-state index contributed by atoms with van der Waals surface area (Å²) in [6.07, 6.45) is 1.20. The largest absolute Gasteiger partial charge is 0.381 e. The van der Waals surface area contributed by atoms with Crippen LogP contribution in [0.2, 0.25) is 0 Å². The first-order chi connectivity index (χ1) is 11.6. The van der Waals surface area contributed by atoms with Gasteiger partial charge in [-0.05, 0) is 25.3 Å². The van der Waals surface area contributed by atoms with Crippen molar-refractivity contribution in [3.8, 4) is 0 Å². The van der Waals surface area contributed by atoms with E-state index in [-0.39, 0.29) is 24.9 Å². The van der Waals surface area contributed by atoms with Crippen LogP contribution in [0.3, 0.4) is 0 Å². The third-order valence-corrected chi connectivity index (χ3v) is 4.67. The van der Waals surface area contributed by atoms with Gasteiger partial charge in [-0.25, -0.2) is 0 Å². The lowest BCUT2D eigenvalue weighted by Crippen LogP contribution is -2.51. The molecule has 0 saturated carbocycles. The molecule has 132 valence electrons. The van der Waals surface area contributed by atoms with E-state index in [0.717, 1.165) is 5.56 Å². The van der Waals surface area contributed by atoms with Gasteiger partial charge < -0.3 is 20.7 Å². The fraction of sp³-hybridized carbons (Fsp3) is 0.556. The standard InChI is InChI=1S/C18H27N3O3/c1-2-21(13-15-6-4-3-5-7-15)16(22)12-20-17(23)18(14-19)8-10-24-11-9-18/h3-7H,2,8-14,19H2,1H3,(H,20,23). The molecule has 1 aromatic carbocycles. The van der Waals surface area contributed by atoms with Crippen molar-refractivity contribution < 1.29 is 14.3 Å². The number of hydrogen-bond donors (Lipinski definition) is 2. The Balaban J connectivity index is 1.89. The average Bonchev–Trinajstić information content (AvgIpc) is 2.65. The van der Waals surface area contributed by atoms with Crippen molar-refractivity contribution in [1.82, 2.24) is 10.2 Å². The summed E-state index contributed by atoms with van der Waals surface area (Å²) in [6, 6.07) is 9.82. The van der Waals surface area contributed by atoms with Gasteiger partial charge in [-0.1, -0.05) is 30.3 Å². The van der Waals surface area contributed by atoms with Crippen LogP contribution in [0.1, 0.15) is 25.3 Å². The number of carbonyl (C=O) groups is 2. The summed E-state index contributed by atoms with van der Waals surface area (Å²) in [5.74, 6) is -0.230. The molecule has 1 heterocycles. The van der Waals surface area contributed by atoms with Gasteiger partial charge in [0.2, 0.25) is 11.8 Å². The predicted octanol–water partition coefficient (Wildman–Crippen LogP) is 0.907. The Morgan fingerprint density at radius 1 is 1.25 bits per heavy atom. The van der Waals surface area contributed by atoms with Crippen LogP contribution < -0.4 is 11.1 Å². The van der Waals surface area contributed by atoms with Crippen LogP contribution in [0.4, 0.5) is 0 Å². The van der Waals surface area contributed by atoms with Gasteiger partial charge in [0, 0.05) is 32.8 Å². The van der Waals surface area contributed by atoms with Gasteiger partial charge in [-0.15, -0.1) is 0 Å². The average molecular weight is 333 g/mol. The number of benzene rings is 1. The van der Waals surface area contributed by atoms with Crippen molar-refractivity contribution in [3.05, 3.63) is 35.9 Å². The number of amides is 2. The van der Waals surface area contributed by atoms with Crippen LogP contribution in [-0.2, 0) is 20.9 Å². The molecule has 2 rings (SSSR count). The highest BCUT2D eigenvalue weighted by Crippen LogP contribution is 2.29. The summed E-state index contributed by atoms with van der Waals surface area (Å²) >= 11 is 0. The summed E-state index contributed by atoms with van der Waals surface area (Å²) in [6.45, 7) is 4.42. The highest BCUT2D eigenvalue weighted by Gasteiger charge is 2.38. The third kappa shape index (κ3) is 4.55. The summed E-state index contributed by atoms with van der Waals surface area (Å²) in [4.78, 5) is 26.7. The number of rotatable bonds is 7. The SMILES string of the molecule is CCN(Cc1ccccc1)C(=O)CNC(=O)C1(CN)CCOCC1. The molecule has 0 radical (unpaired) electrons. The van der Waals surface area contributed by atoms with Crippen LogP contribution in [0.5, 0.6) is 0 Å². The van der Waals surface area contributed by atoms with Gasteiger partial charge >= 0.3 is 0 Å². The Kier molecular flexibility index (Phi) is 6.75. The molecule has 1 aromatic rings. The third-order valence-electron chi connectivity index (χ3n) is 4.67. The molecule has 0 aromatic heterocycles. The lowest BCUT2D eigenvalue weighted by molar-refractivity contribution is -0.139. The zero-order valence-electron chi connectivity index (χ0n) is 14.3. The van der Waals surface area contributed by atoms with Crippen molar-refractivity contribution in [3.63, 3.8) is 0 Å². The summed E-state index contributed by atoms with van der Waals surface area (Å²) in [5.41, 5.74) is 6.29. The molecule has 24 heavy (non-hydrogen) atoms. The van der Waals surface area contributed by atoms with E-state index >= 15 is 0 Å². The van der Waals surface area contributed by atoms with Crippen molar-refractivity contribution in [2.75, 3.05) is 32.8 Å². The Morgan fingerprint density at radius 3 is 2.50 bits per heavy atom. The predicted molar refractivity (Wildman–Crippen MR) is 92.1 cm³/mol. The minimum absolute atomic E-state index is 0.00210. The van der Waals surface area contributed by atoms with Gasteiger partial charge in [0.1, 0.15) is 0 Å². The van der Waals surface area contributed by atoms with E-state index in [2.05, 4.69) is 5.32 Å². The normalized spacial score (nSPS) is 16.4. The maximum absolute atomic E-state index is 12.5. The molecular formula is C18H27N3O3. The smallest absolute Gasteiger partial charge is 0.242 e. The van der Waals surface area contributed by atoms with Crippen LogP contribution in [-0.4, -0.2) is 49.6 Å². The first-order valence-electron chi connectivity index (χ1n) is 8.49. The second-order valence-electron chi connectivity index (χ2n) is 6.17. The number of nitrogens with zero attached hydrogens (tertiary/aromatic N) is 1. The number of carbonyl (C=O) groups excluding carboxylic acids is 2. The Bertz CT molecular complexity index is 542. The molecule has 0 unspecified atom stereocenters. The van der Waals surface area contributed by atoms with Crippen LogP contribution >= 0.6 is 0 Å². The number of ether oxygens (including phenoxy) is 1. The zero-order chi connectivity index (χ0) is 17.4. The van der Waals surface area contributed by atoms with Crippen LogP contribution in [0, 0.1) is 5.41 Å². The first-order valence-corrected chi connectivity index (χ1v) is 8.49. The summed E-state index contributed by atoms with van der Waals surface area (Å²) in [5, 5.41) is 2.78. The maximum atomic E-state index is 12.5. The van der Waals surface area contributed by atoms with E-state index in [0.29, 0.717) is 39.1 Å². The highest BCUT2D eigenvalue weighted by molar-refractivity contribution is 5.88. The van der Waals surface area contributed by atoms with E-state index in [1.165, 1.54) is 0 Å². The minimum atomic E-state index is -0.602. The molecule has 0 atom stereocenters. The molecule has 1 saturated heterocycles. The van der Waals surface area contributed by atoms with Crippen molar-refractivity contribution in [2.45, 2.75) is 26.3 Å². The Labute approximate surface area is 143 Å². The van der Waals surface area contributed by atoms with Gasteiger partial charge in [0.05, 0.1) is 12.0 Å². The van der Waals surface area contributed by atoms with Gasteiger partial charge in [0.25, 0.3) is 0 Å². The topological polar surface area (TPSA) is 84.7 Å². The summed E-state index contributed by atoms with van der Waals surface area (Å²) in [7, 11) is 0. The van der Waals surface area contributed by atoms with Crippen molar-refractivity contribution >= 4 is 11.8 Å². The lowest BCUT2D eigenvalue weighted by Gasteiger charge is -2.34. The molecular weight excluding hydrogens is 306 g/mol. The molecule has 1 aliphatic rings. The minimum Gasteiger partial charge on any atom is -0.381 e. The van der Waals surface area contributed by atoms with Crippen LogP contribution in [0.25, 0.3) is 0 Å². The van der Waals surface area contributed by atoms with Gasteiger partial charge in [0.15, 0.2) is 0 Å². The first kappa shape index (κ1) is 18.4. The fourth-order valence-electron chi connectivity index (χ4n) is 2.92. The Hall–Kier alpha value is -1.92. The number of likely N-dealkylation sites (N-methyl/N-ethyl adjacent to an activating group) is 1. The maximum Gasteiger partial charge on any atom is 0.242 e. The highest BCUT2D eigenvalue weighted by atomic mass is 16.5. The molecule has 3 N–H and O–H groups in total. The fourth-order valence-corrected chi connectivity index (χ4v) is 2.92. The molecule has 0 aliphatic carbocycles. The summed E-state index contributed by atoms with van der Waals surface area (Å²) < 4.78 is 5.31. The molecule has 0 spiro atoms. The lowest BCUT2D eigenvalue weighted by atomic mass is 9.79. The van der Waals surface area contributed by atoms with Gasteiger partial charge in [-0.3, -0.25) is 9.59 Å². The van der Waals surface area contributed by atoms with E-state index in [1.54, 1.807) is 4.90 Å². The molecule has 6 nitrogen and oxygen atoms in total. The number of hydrogen-bond acceptors (Lipinski definition) is 4. The molecule has 0 bridgehead atoms. The molecule has 6 heteroatoms. The molecule has 1 aliphatic heterocycles. The van der Waals surface area contributed by atoms with Crippen molar-refractivity contribution in [2.24, 2.45) is 11.1 Å².